The van der Waals surface area contributed by atoms with Crippen LogP contribution in [0, 0.1) is 11.8 Å². The first kappa shape index (κ1) is 12.0. The first-order chi connectivity index (χ1) is 6.96. The summed E-state index contributed by atoms with van der Waals surface area (Å²) in [5.74, 6) is -1.90. The highest BCUT2D eigenvalue weighted by Gasteiger charge is 2.15. The summed E-state index contributed by atoms with van der Waals surface area (Å²) in [5, 5.41) is 3.16. The quantitative estimate of drug-likeness (QED) is 0.779. The van der Waals surface area contributed by atoms with Gasteiger partial charge in [0.05, 0.1) is 0 Å². The average molecular weight is 214 g/mol. The minimum absolute atomic E-state index is 0.0772. The largest absolute Gasteiger partial charge is 0.308 e. The zero-order valence-electron chi connectivity index (χ0n) is 9.27. The highest BCUT2D eigenvalue weighted by atomic mass is 19.2. The van der Waals surface area contributed by atoms with Crippen LogP contribution in [-0.2, 0) is 6.54 Å². The lowest BCUT2D eigenvalue weighted by Gasteiger charge is -2.24. The number of rotatable bonds is 4. The monoisotopic (exact) mass is 214 g/mol. The van der Waals surface area contributed by atoms with Crippen molar-refractivity contribution in [3.05, 3.63) is 29.6 Å². The van der Waals surface area contributed by atoms with Gasteiger partial charge in [0.1, 0.15) is 0 Å². The van der Waals surface area contributed by atoms with Gasteiger partial charge >= 0.3 is 0 Å². The lowest BCUT2D eigenvalue weighted by molar-refractivity contribution is 0.367. The van der Waals surface area contributed by atoms with Gasteiger partial charge in [-0.2, -0.15) is 4.39 Å². The van der Waals surface area contributed by atoms with Crippen molar-refractivity contribution in [3.63, 3.8) is 0 Å². The zero-order chi connectivity index (χ0) is 11.5. The molecule has 4 heteroatoms. The maximum absolute atomic E-state index is 13.2. The van der Waals surface area contributed by atoms with Crippen LogP contribution >= 0.6 is 0 Å². The van der Waals surface area contributed by atoms with Crippen molar-refractivity contribution < 1.29 is 8.78 Å². The first-order valence-corrected chi connectivity index (χ1v) is 5.00. The Bertz CT molecular complexity index is 337. The molecule has 0 spiro atoms. The molecule has 0 aliphatic heterocycles. The Morgan fingerprint density at radius 1 is 1.40 bits per heavy atom. The van der Waals surface area contributed by atoms with Gasteiger partial charge in [-0.25, -0.2) is 9.37 Å². The van der Waals surface area contributed by atoms with E-state index in [0.717, 1.165) is 6.42 Å². The number of pyridine rings is 1. The lowest BCUT2D eigenvalue weighted by Crippen LogP contribution is -2.38. The van der Waals surface area contributed by atoms with Gasteiger partial charge in [-0.15, -0.1) is 0 Å². The molecule has 0 unspecified atom stereocenters. The standard InChI is InChI=1S/C11H16F2N2/c1-4-11(2,3)15-7-8-5-6-14-10(13)9(8)12/h5-6,15H,4,7H2,1-3H3. The van der Waals surface area contributed by atoms with Gasteiger partial charge in [-0.1, -0.05) is 6.92 Å². The summed E-state index contributed by atoms with van der Waals surface area (Å²) in [6.45, 7) is 6.38. The molecule has 0 aliphatic rings. The summed E-state index contributed by atoms with van der Waals surface area (Å²) in [4.78, 5) is 3.23. The molecule has 1 N–H and O–H groups in total. The van der Waals surface area contributed by atoms with Crippen LogP contribution in [0.1, 0.15) is 32.8 Å². The van der Waals surface area contributed by atoms with Gasteiger partial charge in [0.25, 0.3) is 0 Å². The molecule has 0 atom stereocenters. The van der Waals surface area contributed by atoms with Gasteiger partial charge in [0.2, 0.25) is 5.95 Å². The van der Waals surface area contributed by atoms with E-state index in [0.29, 0.717) is 12.1 Å². The Morgan fingerprint density at radius 2 is 2.07 bits per heavy atom. The molecule has 1 aromatic heterocycles. The maximum Gasteiger partial charge on any atom is 0.249 e. The van der Waals surface area contributed by atoms with Crippen molar-refractivity contribution in [2.45, 2.75) is 39.3 Å². The van der Waals surface area contributed by atoms with Gasteiger partial charge in [-0.05, 0) is 26.3 Å². The summed E-state index contributed by atoms with van der Waals surface area (Å²) in [6, 6.07) is 1.48. The minimum atomic E-state index is -1.04. The smallest absolute Gasteiger partial charge is 0.249 e. The van der Waals surface area contributed by atoms with Gasteiger partial charge < -0.3 is 5.32 Å². The van der Waals surface area contributed by atoms with E-state index in [1.165, 1.54) is 12.3 Å². The topological polar surface area (TPSA) is 24.9 Å². The third-order valence-corrected chi connectivity index (χ3v) is 2.57. The van der Waals surface area contributed by atoms with E-state index >= 15 is 0 Å². The molecule has 1 aromatic rings. The Morgan fingerprint density at radius 3 is 2.67 bits per heavy atom. The van der Waals surface area contributed by atoms with Gasteiger partial charge in [-0.3, -0.25) is 0 Å². The molecule has 1 rings (SSSR count). The number of halogens is 2. The van der Waals surface area contributed by atoms with E-state index in [1.54, 1.807) is 0 Å². The van der Waals surface area contributed by atoms with E-state index in [9.17, 15) is 8.78 Å². The number of hydrogen-bond donors (Lipinski definition) is 1. The maximum atomic E-state index is 13.2. The van der Waals surface area contributed by atoms with E-state index in [1.807, 2.05) is 20.8 Å². The molecule has 84 valence electrons. The minimum Gasteiger partial charge on any atom is -0.308 e. The van der Waals surface area contributed by atoms with Crippen LogP contribution in [-0.4, -0.2) is 10.5 Å². The molecule has 0 radical (unpaired) electrons. The molecular formula is C11H16F2N2. The van der Waals surface area contributed by atoms with Crippen molar-refractivity contribution in [2.75, 3.05) is 0 Å². The molecule has 1 heterocycles. The summed E-state index contributed by atoms with van der Waals surface area (Å²) in [5.41, 5.74) is 0.232. The average Bonchev–Trinajstić information content (AvgIpc) is 2.20. The van der Waals surface area contributed by atoms with Crippen LogP contribution in [0.25, 0.3) is 0 Å². The van der Waals surface area contributed by atoms with Crippen LogP contribution < -0.4 is 5.32 Å². The Labute approximate surface area is 88.7 Å². The molecule has 2 nitrogen and oxygen atoms in total. The van der Waals surface area contributed by atoms with Gasteiger partial charge in [0.15, 0.2) is 5.82 Å². The fourth-order valence-electron chi connectivity index (χ4n) is 1.05. The highest BCUT2D eigenvalue weighted by Crippen LogP contribution is 2.12. The highest BCUT2D eigenvalue weighted by molar-refractivity contribution is 5.13. The second-order valence-electron chi connectivity index (χ2n) is 4.17. The van der Waals surface area contributed by atoms with Crippen molar-refractivity contribution in [1.82, 2.24) is 10.3 Å². The van der Waals surface area contributed by atoms with E-state index in [2.05, 4.69) is 10.3 Å². The van der Waals surface area contributed by atoms with Crippen LogP contribution in [0.4, 0.5) is 8.78 Å². The van der Waals surface area contributed by atoms with Crippen LogP contribution in [0.2, 0.25) is 0 Å². The normalized spacial score (nSPS) is 11.8. The predicted octanol–water partition coefficient (Wildman–Crippen LogP) is 2.64. The van der Waals surface area contributed by atoms with Gasteiger partial charge in [0, 0.05) is 23.8 Å². The lowest BCUT2D eigenvalue weighted by atomic mass is 10.0. The molecule has 0 saturated carbocycles. The SMILES string of the molecule is CCC(C)(C)NCc1ccnc(F)c1F. The Hall–Kier alpha value is -1.03. The molecule has 0 aliphatic carbocycles. The molecular weight excluding hydrogens is 198 g/mol. The van der Waals surface area contributed by atoms with Crippen LogP contribution in [0.5, 0.6) is 0 Å². The molecule has 0 bridgehead atoms. The Balaban J connectivity index is 2.70. The molecule has 0 saturated heterocycles. The van der Waals surface area contributed by atoms with Crippen LogP contribution in [0.3, 0.4) is 0 Å². The summed E-state index contributed by atoms with van der Waals surface area (Å²) < 4.78 is 26.0. The van der Waals surface area contributed by atoms with E-state index in [-0.39, 0.29) is 5.54 Å². The van der Waals surface area contributed by atoms with E-state index in [4.69, 9.17) is 0 Å². The second-order valence-corrected chi connectivity index (χ2v) is 4.17. The fraction of sp³-hybridized carbons (Fsp3) is 0.545. The summed E-state index contributed by atoms with van der Waals surface area (Å²) >= 11 is 0. The molecule has 15 heavy (non-hydrogen) atoms. The van der Waals surface area contributed by atoms with Crippen molar-refractivity contribution in [2.24, 2.45) is 0 Å². The Kier molecular flexibility index (Phi) is 3.74. The molecule has 0 fully saturated rings. The van der Waals surface area contributed by atoms with Crippen molar-refractivity contribution in [3.8, 4) is 0 Å². The van der Waals surface area contributed by atoms with Crippen LogP contribution in [0.15, 0.2) is 12.3 Å². The number of aromatic nitrogens is 1. The second kappa shape index (κ2) is 4.66. The third kappa shape index (κ3) is 3.23. The number of nitrogens with zero attached hydrogens (tertiary/aromatic N) is 1. The number of nitrogens with one attached hydrogen (secondary N) is 1. The zero-order valence-corrected chi connectivity index (χ0v) is 9.27. The molecule has 0 aromatic carbocycles. The predicted molar refractivity (Wildman–Crippen MR) is 55.4 cm³/mol. The van der Waals surface area contributed by atoms with Crippen molar-refractivity contribution in [1.29, 1.82) is 0 Å². The summed E-state index contributed by atoms with van der Waals surface area (Å²) in [7, 11) is 0. The van der Waals surface area contributed by atoms with Crippen molar-refractivity contribution >= 4 is 0 Å². The first-order valence-electron chi connectivity index (χ1n) is 5.00. The fourth-order valence-corrected chi connectivity index (χ4v) is 1.05. The third-order valence-electron chi connectivity index (χ3n) is 2.57. The summed E-state index contributed by atoms with van der Waals surface area (Å²) in [6.07, 6.45) is 2.19. The molecule has 0 amide bonds. The van der Waals surface area contributed by atoms with E-state index < -0.39 is 11.8 Å². The number of hydrogen-bond acceptors (Lipinski definition) is 2.